The predicted molar refractivity (Wildman–Crippen MR) is 55.8 cm³/mol. The Balaban J connectivity index is 2.17. The summed E-state index contributed by atoms with van der Waals surface area (Å²) in [5.41, 5.74) is 0.957. The molecule has 1 aromatic rings. The highest BCUT2D eigenvalue weighted by Crippen LogP contribution is 1.93. The van der Waals surface area contributed by atoms with Gasteiger partial charge >= 0.3 is 0 Å². The van der Waals surface area contributed by atoms with E-state index in [0.717, 1.165) is 12.1 Å². The van der Waals surface area contributed by atoms with Gasteiger partial charge in [0, 0.05) is 37.7 Å². The van der Waals surface area contributed by atoms with E-state index in [1.165, 1.54) is 0 Å². The van der Waals surface area contributed by atoms with E-state index in [4.69, 9.17) is 5.26 Å². The first-order valence-electron chi connectivity index (χ1n) is 4.86. The maximum absolute atomic E-state index is 11.1. The lowest BCUT2D eigenvalue weighted by molar-refractivity contribution is -0.120. The molecule has 0 unspecified atom stereocenters. The van der Waals surface area contributed by atoms with Crippen LogP contribution in [0.2, 0.25) is 0 Å². The molecule has 4 nitrogen and oxygen atoms in total. The second-order valence-corrected chi connectivity index (χ2v) is 3.08. The van der Waals surface area contributed by atoms with Crippen LogP contribution in [0.25, 0.3) is 0 Å². The molecule has 4 heteroatoms. The van der Waals surface area contributed by atoms with E-state index in [1.54, 1.807) is 6.20 Å². The highest BCUT2D eigenvalue weighted by molar-refractivity contribution is 5.76. The zero-order valence-corrected chi connectivity index (χ0v) is 8.44. The molecule has 0 spiro atoms. The minimum atomic E-state index is -0.0764. The van der Waals surface area contributed by atoms with E-state index in [1.807, 2.05) is 24.3 Å². The molecule has 1 amide bonds. The van der Waals surface area contributed by atoms with Gasteiger partial charge in [-0.3, -0.25) is 9.78 Å². The van der Waals surface area contributed by atoms with E-state index >= 15 is 0 Å². The molecule has 1 N–H and O–H groups in total. The molecule has 0 saturated carbocycles. The Morgan fingerprint density at radius 2 is 2.40 bits per heavy atom. The van der Waals surface area contributed by atoms with Crippen LogP contribution in [0.15, 0.2) is 24.4 Å². The summed E-state index contributed by atoms with van der Waals surface area (Å²) in [5.74, 6) is -0.0764. The van der Waals surface area contributed by atoms with E-state index in [9.17, 15) is 4.79 Å². The average Bonchev–Trinajstić information content (AvgIpc) is 2.28. The molecule has 0 fully saturated rings. The number of pyridine rings is 1. The standard InChI is InChI=1S/C11H13N3O/c12-7-3-5-11(15)14-9-6-10-4-1-2-8-13-10/h1-2,4,8H,3,5-6,9H2,(H,14,15). The van der Waals surface area contributed by atoms with Crippen molar-refractivity contribution in [3.63, 3.8) is 0 Å². The molecule has 15 heavy (non-hydrogen) atoms. The van der Waals surface area contributed by atoms with Crippen LogP contribution in [0.5, 0.6) is 0 Å². The number of hydrogen-bond acceptors (Lipinski definition) is 3. The molecule has 0 radical (unpaired) electrons. The molecular weight excluding hydrogens is 190 g/mol. The summed E-state index contributed by atoms with van der Waals surface area (Å²) in [5, 5.41) is 11.0. The van der Waals surface area contributed by atoms with Crippen molar-refractivity contribution in [3.8, 4) is 6.07 Å². The van der Waals surface area contributed by atoms with Crippen molar-refractivity contribution in [1.29, 1.82) is 5.26 Å². The molecule has 1 aromatic heterocycles. The Morgan fingerprint density at radius 3 is 3.07 bits per heavy atom. The van der Waals surface area contributed by atoms with Gasteiger partial charge in [0.1, 0.15) is 0 Å². The normalized spacial score (nSPS) is 9.27. The molecular formula is C11H13N3O. The van der Waals surface area contributed by atoms with Gasteiger partial charge in [0.15, 0.2) is 0 Å². The maximum atomic E-state index is 11.1. The third kappa shape index (κ3) is 4.77. The molecule has 0 aliphatic heterocycles. The van der Waals surface area contributed by atoms with Gasteiger partial charge in [0.2, 0.25) is 5.91 Å². The first-order valence-corrected chi connectivity index (χ1v) is 4.86. The topological polar surface area (TPSA) is 65.8 Å². The monoisotopic (exact) mass is 203 g/mol. The van der Waals surface area contributed by atoms with E-state index in [2.05, 4.69) is 10.3 Å². The number of amides is 1. The first kappa shape index (κ1) is 11.2. The highest BCUT2D eigenvalue weighted by atomic mass is 16.1. The second kappa shape index (κ2) is 6.55. The minimum absolute atomic E-state index is 0.0764. The van der Waals surface area contributed by atoms with Crippen molar-refractivity contribution in [2.24, 2.45) is 0 Å². The number of rotatable bonds is 5. The minimum Gasteiger partial charge on any atom is -0.356 e. The summed E-state index contributed by atoms with van der Waals surface area (Å²) in [6.07, 6.45) is 3.00. The number of aromatic nitrogens is 1. The molecule has 0 aliphatic rings. The van der Waals surface area contributed by atoms with Crippen molar-refractivity contribution in [1.82, 2.24) is 10.3 Å². The van der Waals surface area contributed by atoms with Crippen molar-refractivity contribution in [2.45, 2.75) is 19.3 Å². The first-order chi connectivity index (χ1) is 7.33. The van der Waals surface area contributed by atoms with Crippen LogP contribution in [0.3, 0.4) is 0 Å². The third-order valence-electron chi connectivity index (χ3n) is 1.89. The Morgan fingerprint density at radius 1 is 1.53 bits per heavy atom. The predicted octanol–water partition coefficient (Wildman–Crippen LogP) is 1.04. The summed E-state index contributed by atoms with van der Waals surface area (Å²) in [6.45, 7) is 0.571. The Labute approximate surface area is 88.9 Å². The van der Waals surface area contributed by atoms with Gasteiger partial charge in [-0.25, -0.2) is 0 Å². The molecule has 0 aromatic carbocycles. The molecule has 78 valence electrons. The van der Waals surface area contributed by atoms with Crippen LogP contribution in [0.1, 0.15) is 18.5 Å². The van der Waals surface area contributed by atoms with Crippen LogP contribution in [0.4, 0.5) is 0 Å². The molecule has 0 aliphatic carbocycles. The van der Waals surface area contributed by atoms with Gasteiger partial charge in [-0.2, -0.15) is 5.26 Å². The summed E-state index contributed by atoms with van der Waals surface area (Å²) < 4.78 is 0. The van der Waals surface area contributed by atoms with Gasteiger partial charge < -0.3 is 5.32 Å². The van der Waals surface area contributed by atoms with Gasteiger partial charge in [0.25, 0.3) is 0 Å². The molecule has 0 saturated heterocycles. The zero-order valence-electron chi connectivity index (χ0n) is 8.44. The third-order valence-corrected chi connectivity index (χ3v) is 1.89. The Bertz CT molecular complexity index is 343. The van der Waals surface area contributed by atoms with Crippen LogP contribution >= 0.6 is 0 Å². The van der Waals surface area contributed by atoms with Crippen LogP contribution in [-0.2, 0) is 11.2 Å². The van der Waals surface area contributed by atoms with Crippen molar-refractivity contribution >= 4 is 5.91 Å². The fraction of sp³-hybridized carbons (Fsp3) is 0.364. The maximum Gasteiger partial charge on any atom is 0.221 e. The fourth-order valence-corrected chi connectivity index (χ4v) is 1.13. The number of nitrogens with one attached hydrogen (secondary N) is 1. The second-order valence-electron chi connectivity index (χ2n) is 3.08. The Hall–Kier alpha value is -1.89. The summed E-state index contributed by atoms with van der Waals surface area (Å²) in [7, 11) is 0. The number of hydrogen-bond donors (Lipinski definition) is 1. The SMILES string of the molecule is N#CCCC(=O)NCCc1ccccn1. The average molecular weight is 203 g/mol. The molecule has 1 rings (SSSR count). The molecule has 0 bridgehead atoms. The van der Waals surface area contributed by atoms with E-state index < -0.39 is 0 Å². The lowest BCUT2D eigenvalue weighted by Gasteiger charge is -2.02. The van der Waals surface area contributed by atoms with Gasteiger partial charge in [-0.15, -0.1) is 0 Å². The van der Waals surface area contributed by atoms with Crippen LogP contribution in [-0.4, -0.2) is 17.4 Å². The number of carbonyl (C=O) groups excluding carboxylic acids is 1. The summed E-state index contributed by atoms with van der Waals surface area (Å²) in [6, 6.07) is 7.62. The van der Waals surface area contributed by atoms with Gasteiger partial charge in [0.05, 0.1) is 6.07 Å². The number of nitrogens with zero attached hydrogens (tertiary/aromatic N) is 2. The summed E-state index contributed by atoms with van der Waals surface area (Å²) >= 11 is 0. The summed E-state index contributed by atoms with van der Waals surface area (Å²) in [4.78, 5) is 15.2. The fourth-order valence-electron chi connectivity index (χ4n) is 1.13. The smallest absolute Gasteiger partial charge is 0.221 e. The van der Waals surface area contributed by atoms with E-state index in [0.29, 0.717) is 6.54 Å². The molecule has 0 atom stereocenters. The number of nitriles is 1. The number of carbonyl (C=O) groups is 1. The van der Waals surface area contributed by atoms with Crippen molar-refractivity contribution < 1.29 is 4.79 Å². The lowest BCUT2D eigenvalue weighted by Crippen LogP contribution is -2.25. The van der Waals surface area contributed by atoms with Crippen LogP contribution < -0.4 is 5.32 Å². The van der Waals surface area contributed by atoms with Gasteiger partial charge in [-0.05, 0) is 12.1 Å². The lowest BCUT2D eigenvalue weighted by atomic mass is 10.2. The largest absolute Gasteiger partial charge is 0.356 e. The molecule has 1 heterocycles. The highest BCUT2D eigenvalue weighted by Gasteiger charge is 1.99. The van der Waals surface area contributed by atoms with Crippen LogP contribution in [0, 0.1) is 11.3 Å². The Kier molecular flexibility index (Phi) is 4.88. The van der Waals surface area contributed by atoms with Crippen molar-refractivity contribution in [2.75, 3.05) is 6.54 Å². The van der Waals surface area contributed by atoms with Gasteiger partial charge in [-0.1, -0.05) is 6.07 Å². The quantitative estimate of drug-likeness (QED) is 0.777. The van der Waals surface area contributed by atoms with E-state index in [-0.39, 0.29) is 18.7 Å². The zero-order chi connectivity index (χ0) is 10.9. The van der Waals surface area contributed by atoms with Crippen molar-refractivity contribution in [3.05, 3.63) is 30.1 Å².